The van der Waals surface area contributed by atoms with Crippen LogP contribution in [-0.2, 0) is 65.4 Å². The maximum atomic E-state index is 13.0. The second-order valence-electron chi connectivity index (χ2n) is 28.2. The number of esters is 4. The SMILES string of the molecule is CC(C)CCCCCCCCCCCCCCCCCC(=O)OC[C@H](COP(=O)(O)OCC(O)COP(=O)(O)OC[C@@H](COC(=O)CCCCCCCCCCC(C)C)OC(=O)CCCCCCCCCCC(C)C)OC(=O)CCCCCCCCCCCC(C)C. The third kappa shape index (κ3) is 66.7. The number of rotatable bonds is 70. The minimum absolute atomic E-state index is 0.103. The Morgan fingerprint density at radius 3 is 0.674 bits per heavy atom. The Morgan fingerprint density at radius 2 is 0.457 bits per heavy atom. The summed E-state index contributed by atoms with van der Waals surface area (Å²) >= 11 is 0. The first kappa shape index (κ1) is 90.1. The van der Waals surface area contributed by atoms with E-state index in [2.05, 4.69) is 55.4 Å². The van der Waals surface area contributed by atoms with Crippen molar-refractivity contribution in [2.45, 2.75) is 382 Å². The molecule has 0 aromatic heterocycles. The van der Waals surface area contributed by atoms with Crippen LogP contribution < -0.4 is 0 Å². The van der Waals surface area contributed by atoms with Crippen molar-refractivity contribution in [2.75, 3.05) is 39.6 Å². The molecule has 0 aromatic carbocycles. The number of unbranched alkanes of at least 4 members (excludes halogenated alkanes) is 36. The zero-order valence-electron chi connectivity index (χ0n) is 60.2. The van der Waals surface area contributed by atoms with Gasteiger partial charge in [0.2, 0.25) is 0 Å². The summed E-state index contributed by atoms with van der Waals surface area (Å²) in [5, 5.41) is 10.6. The lowest BCUT2D eigenvalue weighted by molar-refractivity contribution is -0.161. The number of phosphoric ester groups is 2. The van der Waals surface area contributed by atoms with Gasteiger partial charge in [0, 0.05) is 25.7 Å². The molecule has 546 valence electrons. The summed E-state index contributed by atoms with van der Waals surface area (Å²) in [5.74, 6) is 0.860. The smallest absolute Gasteiger partial charge is 0.462 e. The third-order valence-electron chi connectivity index (χ3n) is 16.8. The minimum atomic E-state index is -4.95. The molecule has 0 aliphatic rings. The lowest BCUT2D eigenvalue weighted by Gasteiger charge is -2.21. The average Bonchev–Trinajstić information content (AvgIpc) is 2.74. The molecule has 19 heteroatoms. The number of carbonyl (C=O) groups is 4. The average molecular weight is 1350 g/mol. The molecule has 92 heavy (non-hydrogen) atoms. The number of aliphatic hydroxyl groups is 1. The first-order valence-electron chi connectivity index (χ1n) is 37.7. The zero-order chi connectivity index (χ0) is 68.2. The summed E-state index contributed by atoms with van der Waals surface area (Å²) in [4.78, 5) is 72.6. The van der Waals surface area contributed by atoms with Crippen LogP contribution >= 0.6 is 15.6 Å². The van der Waals surface area contributed by atoms with Gasteiger partial charge in [0.05, 0.1) is 26.4 Å². The molecule has 0 saturated carbocycles. The van der Waals surface area contributed by atoms with Gasteiger partial charge in [0.25, 0.3) is 0 Å². The molecule has 17 nitrogen and oxygen atoms in total. The van der Waals surface area contributed by atoms with Crippen molar-refractivity contribution in [2.24, 2.45) is 23.7 Å². The molecule has 3 N–H and O–H groups in total. The second-order valence-corrected chi connectivity index (χ2v) is 31.1. The van der Waals surface area contributed by atoms with Gasteiger partial charge in [0.1, 0.15) is 19.3 Å². The van der Waals surface area contributed by atoms with E-state index in [1.807, 2.05) is 0 Å². The van der Waals surface area contributed by atoms with E-state index in [9.17, 15) is 43.2 Å². The van der Waals surface area contributed by atoms with Gasteiger partial charge in [-0.3, -0.25) is 37.3 Å². The van der Waals surface area contributed by atoms with Gasteiger partial charge >= 0.3 is 39.5 Å². The van der Waals surface area contributed by atoms with Crippen molar-refractivity contribution in [3.63, 3.8) is 0 Å². The molecule has 5 atom stereocenters. The van der Waals surface area contributed by atoms with Crippen LogP contribution in [0.15, 0.2) is 0 Å². The Bertz CT molecular complexity index is 1820. The molecular weight excluding hydrogens is 1210 g/mol. The maximum absolute atomic E-state index is 13.0. The summed E-state index contributed by atoms with van der Waals surface area (Å²) in [5.41, 5.74) is 0. The van der Waals surface area contributed by atoms with Gasteiger partial charge in [-0.2, -0.15) is 0 Å². The van der Waals surface area contributed by atoms with Crippen molar-refractivity contribution in [1.29, 1.82) is 0 Å². The molecule has 0 aliphatic carbocycles. The largest absolute Gasteiger partial charge is 0.472 e. The first-order valence-corrected chi connectivity index (χ1v) is 40.7. The van der Waals surface area contributed by atoms with Gasteiger partial charge in [-0.1, -0.05) is 312 Å². The highest BCUT2D eigenvalue weighted by Gasteiger charge is 2.30. The van der Waals surface area contributed by atoms with E-state index >= 15 is 0 Å². The molecule has 0 aromatic rings. The van der Waals surface area contributed by atoms with Gasteiger partial charge in [0.15, 0.2) is 12.2 Å². The molecular formula is C73H142O17P2. The van der Waals surface area contributed by atoms with Crippen LogP contribution in [0.4, 0.5) is 0 Å². The van der Waals surface area contributed by atoms with E-state index in [0.29, 0.717) is 25.7 Å². The summed E-state index contributed by atoms with van der Waals surface area (Å²) < 4.78 is 68.4. The predicted octanol–water partition coefficient (Wildman–Crippen LogP) is 20.9. The van der Waals surface area contributed by atoms with Crippen LogP contribution in [-0.4, -0.2) is 96.7 Å². The Hall–Kier alpha value is -1.94. The van der Waals surface area contributed by atoms with Crippen LogP contribution in [0.5, 0.6) is 0 Å². The van der Waals surface area contributed by atoms with E-state index in [-0.39, 0.29) is 25.7 Å². The fourth-order valence-electron chi connectivity index (χ4n) is 11.0. The molecule has 0 radical (unpaired) electrons. The highest BCUT2D eigenvalue weighted by atomic mass is 31.2. The normalized spacial score (nSPS) is 14.2. The third-order valence-corrected chi connectivity index (χ3v) is 18.7. The fourth-order valence-corrected chi connectivity index (χ4v) is 12.6. The van der Waals surface area contributed by atoms with E-state index < -0.39 is 97.5 Å². The van der Waals surface area contributed by atoms with Gasteiger partial charge < -0.3 is 33.8 Å². The fraction of sp³-hybridized carbons (Fsp3) is 0.945. The highest BCUT2D eigenvalue weighted by molar-refractivity contribution is 7.47. The van der Waals surface area contributed by atoms with Crippen molar-refractivity contribution < 1.29 is 80.2 Å². The molecule has 0 spiro atoms. The number of aliphatic hydroxyl groups excluding tert-OH is 1. The van der Waals surface area contributed by atoms with Gasteiger partial charge in [-0.05, 0) is 49.4 Å². The molecule has 0 heterocycles. The topological polar surface area (TPSA) is 237 Å². The molecule has 0 amide bonds. The van der Waals surface area contributed by atoms with E-state index in [4.69, 9.17) is 37.0 Å². The van der Waals surface area contributed by atoms with Crippen molar-refractivity contribution >= 4 is 39.5 Å². The van der Waals surface area contributed by atoms with Crippen LogP contribution in [0, 0.1) is 23.7 Å². The van der Waals surface area contributed by atoms with Crippen LogP contribution in [0.2, 0.25) is 0 Å². The summed E-state index contributed by atoms with van der Waals surface area (Å²) in [6.45, 7) is 14.1. The quantitative estimate of drug-likeness (QED) is 0.0222. The van der Waals surface area contributed by atoms with Crippen molar-refractivity contribution in [3.8, 4) is 0 Å². The van der Waals surface area contributed by atoms with Gasteiger partial charge in [-0.25, -0.2) is 9.13 Å². The first-order chi connectivity index (χ1) is 44.1. The molecule has 0 rings (SSSR count). The number of hydrogen-bond acceptors (Lipinski definition) is 15. The lowest BCUT2D eigenvalue weighted by Crippen LogP contribution is -2.30. The minimum Gasteiger partial charge on any atom is -0.462 e. The summed E-state index contributed by atoms with van der Waals surface area (Å²) in [6, 6.07) is 0. The number of phosphoric acid groups is 2. The zero-order valence-corrected chi connectivity index (χ0v) is 62.0. The van der Waals surface area contributed by atoms with E-state index in [0.717, 1.165) is 114 Å². The molecule has 3 unspecified atom stereocenters. The molecule has 0 aliphatic heterocycles. The standard InChI is InChI=1S/C73H142O17P2/c1-63(2)49-41-33-25-17-14-12-10-9-11-13-15-19-29-37-45-53-70(75)83-59-68(89-72(77)55-47-39-31-20-16-18-26-34-42-50-64(3)4)61-87-91(79,80)85-57-67(74)58-86-92(81,82)88-62-69(90-73(78)56-48-40-32-24-22-28-36-44-52-66(7)8)60-84-71(76)54-46-38-30-23-21-27-35-43-51-65(5)6/h63-69,74H,9-62H2,1-8H3,(H,79,80)(H,81,82)/t67?,68-,69-/m1/s1. The van der Waals surface area contributed by atoms with Crippen molar-refractivity contribution in [1.82, 2.24) is 0 Å². The molecule has 0 bridgehead atoms. The number of ether oxygens (including phenoxy) is 4. The number of carbonyl (C=O) groups excluding carboxylic acids is 4. The van der Waals surface area contributed by atoms with E-state index in [1.165, 1.54) is 167 Å². The molecule has 0 fully saturated rings. The van der Waals surface area contributed by atoms with Crippen LogP contribution in [0.1, 0.15) is 364 Å². The monoisotopic (exact) mass is 1350 g/mol. The van der Waals surface area contributed by atoms with Crippen LogP contribution in [0.3, 0.4) is 0 Å². The van der Waals surface area contributed by atoms with E-state index in [1.54, 1.807) is 0 Å². The highest BCUT2D eigenvalue weighted by Crippen LogP contribution is 2.45. The maximum Gasteiger partial charge on any atom is 0.472 e. The summed E-state index contributed by atoms with van der Waals surface area (Å²) in [6.07, 6.45) is 46.0. The van der Waals surface area contributed by atoms with Gasteiger partial charge in [-0.15, -0.1) is 0 Å². The lowest BCUT2D eigenvalue weighted by atomic mass is 10.0. The summed E-state index contributed by atoms with van der Waals surface area (Å²) in [7, 11) is -9.91. The predicted molar refractivity (Wildman–Crippen MR) is 372 cm³/mol. The Kier molecular flexibility index (Phi) is 61.3. The number of hydrogen-bond donors (Lipinski definition) is 3. The van der Waals surface area contributed by atoms with Crippen LogP contribution in [0.25, 0.3) is 0 Å². The Morgan fingerprint density at radius 1 is 0.272 bits per heavy atom. The second kappa shape index (κ2) is 62.6. The van der Waals surface area contributed by atoms with Crippen molar-refractivity contribution in [3.05, 3.63) is 0 Å². The molecule has 0 saturated heterocycles. The Labute approximate surface area is 562 Å². The Balaban J connectivity index is 5.22.